The van der Waals surface area contributed by atoms with E-state index >= 15 is 0 Å². The van der Waals surface area contributed by atoms with Crippen LogP contribution in [-0.4, -0.2) is 88.0 Å². The van der Waals surface area contributed by atoms with E-state index in [2.05, 4.69) is 40.1 Å². The summed E-state index contributed by atoms with van der Waals surface area (Å²) in [6, 6.07) is -5.08. The number of hydrogen-bond donors (Lipinski definition) is 4. The first-order chi connectivity index (χ1) is 14.9. The molecular weight excluding hydrogens is 420 g/mol. The van der Waals surface area contributed by atoms with Crippen LogP contribution in [0, 0.1) is 0 Å². The van der Waals surface area contributed by atoms with E-state index in [9.17, 15) is 20.4 Å². The Labute approximate surface area is 173 Å². The Bertz CT molecular complexity index is 820. The molecular formula is C13H20N12O6. The van der Waals surface area contributed by atoms with Crippen LogP contribution in [0.15, 0.2) is 20.5 Å². The number of hydrogen-bond acceptors (Lipinski definition) is 10. The lowest BCUT2D eigenvalue weighted by Gasteiger charge is -2.42. The summed E-state index contributed by atoms with van der Waals surface area (Å²) in [5.74, 6) is 0. The molecule has 0 radical (unpaired) electrons. The van der Waals surface area contributed by atoms with Crippen LogP contribution < -0.4 is 0 Å². The molecule has 1 heterocycles. The molecule has 0 aromatic carbocycles. The third kappa shape index (κ3) is 5.79. The predicted molar refractivity (Wildman–Crippen MR) is 99.6 cm³/mol. The number of azide groups is 4. The van der Waals surface area contributed by atoms with E-state index in [4.69, 9.17) is 31.6 Å². The molecule has 31 heavy (non-hydrogen) atoms. The zero-order valence-corrected chi connectivity index (χ0v) is 15.9. The second-order valence-electron chi connectivity index (χ2n) is 6.91. The van der Waals surface area contributed by atoms with E-state index in [1.54, 1.807) is 0 Å². The maximum Gasteiger partial charge on any atom is 0.167 e. The van der Waals surface area contributed by atoms with Crippen LogP contribution >= 0.6 is 0 Å². The van der Waals surface area contributed by atoms with Crippen molar-refractivity contribution in [3.63, 3.8) is 0 Å². The van der Waals surface area contributed by atoms with Crippen LogP contribution in [0.2, 0.25) is 0 Å². The van der Waals surface area contributed by atoms with Crippen molar-refractivity contribution in [3.05, 3.63) is 41.8 Å². The van der Waals surface area contributed by atoms with E-state index in [1.165, 1.54) is 0 Å². The fourth-order valence-corrected chi connectivity index (χ4v) is 3.54. The highest BCUT2D eigenvalue weighted by molar-refractivity contribution is 5.02. The van der Waals surface area contributed by atoms with E-state index in [-0.39, 0.29) is 19.4 Å². The summed E-state index contributed by atoms with van der Waals surface area (Å²) < 4.78 is 11.1. The normalized spacial score (nSPS) is 40.5. The van der Waals surface area contributed by atoms with Crippen molar-refractivity contribution in [1.29, 1.82) is 0 Å². The Morgan fingerprint density at radius 1 is 0.742 bits per heavy atom. The van der Waals surface area contributed by atoms with Gasteiger partial charge in [0.25, 0.3) is 0 Å². The number of aliphatic hydroxyl groups excluding tert-OH is 4. The molecule has 0 amide bonds. The highest BCUT2D eigenvalue weighted by Crippen LogP contribution is 2.31. The minimum absolute atomic E-state index is 0.180. The van der Waals surface area contributed by atoms with Crippen LogP contribution in [0.5, 0.6) is 0 Å². The zero-order valence-electron chi connectivity index (χ0n) is 15.9. The van der Waals surface area contributed by atoms with E-state index in [0.717, 1.165) is 0 Å². The second kappa shape index (κ2) is 11.4. The van der Waals surface area contributed by atoms with Crippen molar-refractivity contribution in [2.75, 3.05) is 6.61 Å². The SMILES string of the molecule is [N-]=[N+]=NC1CC(N=[N+]=[N-])[C@@H](O[C@H]2OCC(O)C[C@@H](O)C(N=[N+]=[N-])C2N=[N+]=[N-])C(O)C1O. The highest BCUT2D eigenvalue weighted by atomic mass is 16.7. The first-order valence-electron chi connectivity index (χ1n) is 9.04. The Kier molecular flexibility index (Phi) is 8.93. The number of ether oxygens (including phenoxy) is 2. The quantitative estimate of drug-likeness (QED) is 0.261. The predicted octanol–water partition coefficient (Wildman–Crippen LogP) is 0.681. The van der Waals surface area contributed by atoms with Crippen molar-refractivity contribution in [1.82, 2.24) is 0 Å². The van der Waals surface area contributed by atoms with Crippen LogP contribution in [-0.2, 0) is 9.47 Å². The molecule has 18 heteroatoms. The van der Waals surface area contributed by atoms with Gasteiger partial charge in [-0.2, -0.15) is 0 Å². The molecule has 0 bridgehead atoms. The smallest absolute Gasteiger partial charge is 0.167 e. The van der Waals surface area contributed by atoms with Crippen molar-refractivity contribution in [2.45, 2.75) is 73.8 Å². The largest absolute Gasteiger partial charge is 0.393 e. The van der Waals surface area contributed by atoms with Gasteiger partial charge in [-0.15, -0.1) is 0 Å². The molecule has 1 aliphatic heterocycles. The molecule has 2 aliphatic rings. The molecule has 7 unspecified atom stereocenters. The summed E-state index contributed by atoms with van der Waals surface area (Å²) in [6.45, 7) is -0.374. The van der Waals surface area contributed by atoms with E-state index < -0.39 is 61.0 Å². The van der Waals surface area contributed by atoms with Crippen LogP contribution in [0.25, 0.3) is 41.8 Å². The van der Waals surface area contributed by atoms with Crippen molar-refractivity contribution in [2.24, 2.45) is 20.5 Å². The molecule has 10 atom stereocenters. The molecule has 0 spiro atoms. The van der Waals surface area contributed by atoms with E-state index in [1.807, 2.05) is 0 Å². The monoisotopic (exact) mass is 440 g/mol. The summed E-state index contributed by atoms with van der Waals surface area (Å²) in [5, 5.41) is 54.8. The topological polar surface area (TPSA) is 294 Å². The van der Waals surface area contributed by atoms with Gasteiger partial charge in [-0.3, -0.25) is 0 Å². The van der Waals surface area contributed by atoms with Gasteiger partial charge >= 0.3 is 0 Å². The molecule has 0 aromatic rings. The molecule has 168 valence electrons. The van der Waals surface area contributed by atoms with Gasteiger partial charge < -0.3 is 29.9 Å². The molecule has 2 rings (SSSR count). The van der Waals surface area contributed by atoms with Gasteiger partial charge in [-0.25, -0.2) is 0 Å². The maximum absolute atomic E-state index is 10.5. The minimum Gasteiger partial charge on any atom is -0.393 e. The lowest BCUT2D eigenvalue weighted by atomic mass is 9.84. The summed E-state index contributed by atoms with van der Waals surface area (Å²) in [4.78, 5) is 10.5. The molecule has 1 aliphatic carbocycles. The Morgan fingerprint density at radius 3 is 1.94 bits per heavy atom. The lowest BCUT2D eigenvalue weighted by Crippen LogP contribution is -2.58. The van der Waals surface area contributed by atoms with Gasteiger partial charge in [0.05, 0.1) is 55.2 Å². The average Bonchev–Trinajstić information content (AvgIpc) is 2.73. The first kappa shape index (κ1) is 24.3. The second-order valence-corrected chi connectivity index (χ2v) is 6.91. The molecule has 1 saturated carbocycles. The average molecular weight is 440 g/mol. The Morgan fingerprint density at radius 2 is 1.32 bits per heavy atom. The maximum atomic E-state index is 10.5. The molecule has 0 aromatic heterocycles. The third-order valence-electron chi connectivity index (χ3n) is 4.99. The molecule has 18 nitrogen and oxygen atoms in total. The molecule has 4 N–H and O–H groups in total. The fraction of sp³-hybridized carbons (Fsp3) is 1.00. The van der Waals surface area contributed by atoms with Gasteiger partial charge in [0.15, 0.2) is 6.29 Å². The van der Waals surface area contributed by atoms with Crippen LogP contribution in [0.3, 0.4) is 0 Å². The Hall–Kier alpha value is -3.00. The third-order valence-corrected chi connectivity index (χ3v) is 4.99. The van der Waals surface area contributed by atoms with Crippen LogP contribution in [0.4, 0.5) is 0 Å². The zero-order chi connectivity index (χ0) is 23.0. The van der Waals surface area contributed by atoms with Crippen LogP contribution in [0.1, 0.15) is 12.8 Å². The summed E-state index contributed by atoms with van der Waals surface area (Å²) in [6.07, 6.45) is -9.31. The lowest BCUT2D eigenvalue weighted by molar-refractivity contribution is -0.240. The first-order valence-corrected chi connectivity index (χ1v) is 9.04. The van der Waals surface area contributed by atoms with E-state index in [0.29, 0.717) is 0 Å². The van der Waals surface area contributed by atoms with Crippen molar-refractivity contribution < 1.29 is 29.9 Å². The van der Waals surface area contributed by atoms with Crippen molar-refractivity contribution in [3.8, 4) is 0 Å². The van der Waals surface area contributed by atoms with Gasteiger partial charge in [0.2, 0.25) is 0 Å². The minimum atomic E-state index is -1.71. The molecule has 2 fully saturated rings. The number of rotatable bonds is 6. The summed E-state index contributed by atoms with van der Waals surface area (Å²) in [7, 11) is 0. The van der Waals surface area contributed by atoms with Gasteiger partial charge in [-0.1, -0.05) is 20.5 Å². The van der Waals surface area contributed by atoms with Gasteiger partial charge in [-0.05, 0) is 28.5 Å². The Balaban J connectivity index is 2.41. The highest BCUT2D eigenvalue weighted by Gasteiger charge is 2.47. The van der Waals surface area contributed by atoms with Crippen molar-refractivity contribution >= 4 is 0 Å². The standard InChI is InChI=1S/C13H20N12O6/c14-22-18-5-2-6(19-23-15)12(11(29)10(5)28)31-13-9(21-25-17)8(20-24-16)7(27)1-4(26)3-30-13/h4-13,26-29H,1-3H2/t4?,5?,6?,7-,8?,9?,10?,11?,12-,13-/m1/s1. The molecule has 1 saturated heterocycles. The summed E-state index contributed by atoms with van der Waals surface area (Å²) in [5.41, 5.74) is 35.2. The van der Waals surface area contributed by atoms with Gasteiger partial charge in [0, 0.05) is 26.1 Å². The number of aliphatic hydroxyl groups is 4. The van der Waals surface area contributed by atoms with Gasteiger partial charge in [0.1, 0.15) is 6.10 Å². The fourth-order valence-electron chi connectivity index (χ4n) is 3.54. The summed E-state index contributed by atoms with van der Waals surface area (Å²) >= 11 is 0. The number of nitrogens with zero attached hydrogens (tertiary/aromatic N) is 12.